The average Bonchev–Trinajstić information content (AvgIpc) is 2.65. The van der Waals surface area contributed by atoms with Gasteiger partial charge in [-0.2, -0.15) is 0 Å². The molecule has 0 aromatic carbocycles. The summed E-state index contributed by atoms with van der Waals surface area (Å²) >= 11 is 1.57. The van der Waals surface area contributed by atoms with Crippen LogP contribution in [0, 0.1) is 0 Å². The topological polar surface area (TPSA) is 58.2 Å². The summed E-state index contributed by atoms with van der Waals surface area (Å²) < 4.78 is 0. The molecule has 2 amide bonds. The third-order valence-electron chi connectivity index (χ3n) is 2.26. The van der Waals surface area contributed by atoms with Gasteiger partial charge in [0.1, 0.15) is 0 Å². The largest absolute Gasteiger partial charge is 0.345 e. The number of piperazine rings is 1. The van der Waals surface area contributed by atoms with Crippen LogP contribution in [0.15, 0.2) is 17.5 Å². The second-order valence-corrected chi connectivity index (χ2v) is 4.39. The molecule has 2 N–H and O–H groups in total. The summed E-state index contributed by atoms with van der Waals surface area (Å²) in [5, 5.41) is 7.22. The van der Waals surface area contributed by atoms with E-state index in [0.717, 1.165) is 4.88 Å². The molecule has 0 saturated carbocycles. The summed E-state index contributed by atoms with van der Waals surface area (Å²) in [6, 6.07) is 3.87. The van der Waals surface area contributed by atoms with Crippen molar-refractivity contribution in [3.63, 3.8) is 0 Å². The van der Waals surface area contributed by atoms with Crippen LogP contribution in [0.3, 0.4) is 0 Å². The molecule has 4 nitrogen and oxygen atoms in total. The van der Waals surface area contributed by atoms with Gasteiger partial charge < -0.3 is 10.6 Å². The molecule has 74 valence electrons. The normalized spacial score (nSPS) is 26.9. The Kier molecular flexibility index (Phi) is 2.03. The number of amides is 2. The molecule has 1 saturated heterocycles. The van der Waals surface area contributed by atoms with Crippen molar-refractivity contribution in [3.8, 4) is 0 Å². The van der Waals surface area contributed by atoms with E-state index in [1.807, 2.05) is 24.4 Å². The average molecular weight is 210 g/mol. The number of rotatable bonds is 1. The smallest absolute Gasteiger partial charge is 0.310 e. The van der Waals surface area contributed by atoms with Crippen molar-refractivity contribution in [1.82, 2.24) is 10.6 Å². The fraction of sp³-hybridized carbons (Fsp3) is 0.333. The molecular weight excluding hydrogens is 200 g/mol. The van der Waals surface area contributed by atoms with E-state index in [9.17, 15) is 9.59 Å². The molecule has 1 unspecified atom stereocenters. The number of carbonyl (C=O) groups excluding carboxylic acids is 2. The lowest BCUT2D eigenvalue weighted by Gasteiger charge is -2.33. The Morgan fingerprint density at radius 3 is 2.79 bits per heavy atom. The SMILES string of the molecule is CC1(c2cccs2)CNC(=O)C(=O)N1. The maximum atomic E-state index is 11.2. The maximum Gasteiger partial charge on any atom is 0.310 e. The molecule has 5 heteroatoms. The van der Waals surface area contributed by atoms with Gasteiger partial charge in [-0.15, -0.1) is 11.3 Å². The molecule has 1 fully saturated rings. The number of hydrogen-bond donors (Lipinski definition) is 2. The monoisotopic (exact) mass is 210 g/mol. The number of nitrogens with one attached hydrogen (secondary N) is 2. The van der Waals surface area contributed by atoms with Gasteiger partial charge in [0, 0.05) is 11.4 Å². The standard InChI is InChI=1S/C9H10N2O2S/c1-9(6-3-2-4-14-6)5-10-7(12)8(13)11-9/h2-4H,5H2,1H3,(H,10,12)(H,11,13). The molecule has 0 spiro atoms. The molecule has 1 atom stereocenters. The van der Waals surface area contributed by atoms with Crippen LogP contribution in [-0.4, -0.2) is 18.4 Å². The molecule has 1 aromatic heterocycles. The van der Waals surface area contributed by atoms with Gasteiger partial charge in [-0.25, -0.2) is 0 Å². The van der Waals surface area contributed by atoms with Crippen LogP contribution in [0.2, 0.25) is 0 Å². The highest BCUT2D eigenvalue weighted by Gasteiger charge is 2.36. The van der Waals surface area contributed by atoms with Gasteiger partial charge in [0.15, 0.2) is 0 Å². The number of carbonyl (C=O) groups is 2. The first-order chi connectivity index (χ1) is 6.62. The Balaban J connectivity index is 2.26. The van der Waals surface area contributed by atoms with Gasteiger partial charge in [-0.05, 0) is 18.4 Å². The zero-order valence-electron chi connectivity index (χ0n) is 7.66. The highest BCUT2D eigenvalue weighted by Crippen LogP contribution is 2.25. The molecule has 2 heterocycles. The van der Waals surface area contributed by atoms with Crippen LogP contribution in [-0.2, 0) is 15.1 Å². The lowest BCUT2D eigenvalue weighted by atomic mass is 9.98. The Bertz CT molecular complexity index is 374. The van der Waals surface area contributed by atoms with Gasteiger partial charge in [-0.3, -0.25) is 9.59 Å². The first-order valence-electron chi connectivity index (χ1n) is 4.26. The third-order valence-corrected chi connectivity index (χ3v) is 3.40. The molecule has 0 radical (unpaired) electrons. The van der Waals surface area contributed by atoms with Crippen LogP contribution >= 0.6 is 11.3 Å². The molecule has 0 aliphatic carbocycles. The highest BCUT2D eigenvalue weighted by molar-refractivity contribution is 7.10. The molecule has 0 bridgehead atoms. The fourth-order valence-electron chi connectivity index (χ4n) is 1.43. The van der Waals surface area contributed by atoms with E-state index in [2.05, 4.69) is 10.6 Å². The molecule has 2 rings (SSSR count). The fourth-order valence-corrected chi connectivity index (χ4v) is 2.27. The van der Waals surface area contributed by atoms with Crippen LogP contribution < -0.4 is 10.6 Å². The second kappa shape index (κ2) is 3.09. The second-order valence-electron chi connectivity index (χ2n) is 3.45. The molecular formula is C9H10N2O2S. The summed E-state index contributed by atoms with van der Waals surface area (Å²) in [5.74, 6) is -1.12. The predicted molar refractivity (Wildman–Crippen MR) is 52.8 cm³/mol. The lowest BCUT2D eigenvalue weighted by Crippen LogP contribution is -2.60. The zero-order valence-corrected chi connectivity index (χ0v) is 8.48. The molecule has 1 aliphatic heterocycles. The number of hydrogen-bond acceptors (Lipinski definition) is 3. The van der Waals surface area contributed by atoms with E-state index >= 15 is 0 Å². The van der Waals surface area contributed by atoms with E-state index in [0.29, 0.717) is 6.54 Å². The van der Waals surface area contributed by atoms with E-state index in [-0.39, 0.29) is 0 Å². The minimum Gasteiger partial charge on any atom is -0.345 e. The van der Waals surface area contributed by atoms with Gasteiger partial charge in [0.25, 0.3) is 0 Å². The minimum absolute atomic E-state index is 0.443. The minimum atomic E-state index is -0.563. The molecule has 1 aliphatic rings. The van der Waals surface area contributed by atoms with E-state index < -0.39 is 17.4 Å². The quantitative estimate of drug-likeness (QED) is 0.651. The number of thiophene rings is 1. The Morgan fingerprint density at radius 1 is 1.43 bits per heavy atom. The van der Waals surface area contributed by atoms with Crippen LogP contribution in [0.25, 0.3) is 0 Å². The van der Waals surface area contributed by atoms with Gasteiger partial charge >= 0.3 is 11.8 Å². The van der Waals surface area contributed by atoms with Crippen LogP contribution in [0.5, 0.6) is 0 Å². The van der Waals surface area contributed by atoms with Crippen LogP contribution in [0.1, 0.15) is 11.8 Å². The van der Waals surface area contributed by atoms with Crippen molar-refractivity contribution in [3.05, 3.63) is 22.4 Å². The molecule has 1 aromatic rings. The van der Waals surface area contributed by atoms with Crippen molar-refractivity contribution in [1.29, 1.82) is 0 Å². The van der Waals surface area contributed by atoms with Gasteiger partial charge in [0.2, 0.25) is 0 Å². The van der Waals surface area contributed by atoms with E-state index in [4.69, 9.17) is 0 Å². The summed E-state index contributed by atoms with van der Waals surface area (Å²) in [5.41, 5.74) is -0.459. The Labute approximate surface area is 85.3 Å². The highest BCUT2D eigenvalue weighted by atomic mass is 32.1. The zero-order chi connectivity index (χ0) is 10.2. The van der Waals surface area contributed by atoms with Gasteiger partial charge in [-0.1, -0.05) is 6.07 Å². The third kappa shape index (κ3) is 1.39. The van der Waals surface area contributed by atoms with Crippen molar-refractivity contribution in [2.45, 2.75) is 12.5 Å². The van der Waals surface area contributed by atoms with Gasteiger partial charge in [0.05, 0.1) is 5.54 Å². The van der Waals surface area contributed by atoms with E-state index in [1.54, 1.807) is 11.3 Å². The van der Waals surface area contributed by atoms with Crippen molar-refractivity contribution < 1.29 is 9.59 Å². The summed E-state index contributed by atoms with van der Waals surface area (Å²) in [4.78, 5) is 23.2. The predicted octanol–water partition coefficient (Wildman–Crippen LogP) is 0.209. The maximum absolute atomic E-state index is 11.2. The lowest BCUT2D eigenvalue weighted by molar-refractivity contribution is -0.142. The first-order valence-corrected chi connectivity index (χ1v) is 5.14. The van der Waals surface area contributed by atoms with Crippen molar-refractivity contribution >= 4 is 23.2 Å². The van der Waals surface area contributed by atoms with Crippen molar-refractivity contribution in [2.75, 3.05) is 6.54 Å². The summed E-state index contributed by atoms with van der Waals surface area (Å²) in [7, 11) is 0. The Morgan fingerprint density at radius 2 is 2.21 bits per heavy atom. The Hall–Kier alpha value is -1.36. The molecule has 14 heavy (non-hydrogen) atoms. The summed E-state index contributed by atoms with van der Waals surface area (Å²) in [6.07, 6.45) is 0. The first kappa shape index (κ1) is 9.21. The summed E-state index contributed by atoms with van der Waals surface area (Å²) in [6.45, 7) is 2.34. The van der Waals surface area contributed by atoms with Crippen LogP contribution in [0.4, 0.5) is 0 Å². The van der Waals surface area contributed by atoms with E-state index in [1.165, 1.54) is 0 Å². The van der Waals surface area contributed by atoms with Crippen molar-refractivity contribution in [2.24, 2.45) is 0 Å².